The Bertz CT molecular complexity index is 917. The first-order valence-corrected chi connectivity index (χ1v) is 9.56. The maximum Gasteiger partial charge on any atom is 0.123 e. The fourth-order valence-electron chi connectivity index (χ4n) is 4.37. The number of hydrogen-bond donors (Lipinski definition) is 0. The molecule has 0 radical (unpaired) electrons. The smallest absolute Gasteiger partial charge is 0.123 e. The molecule has 1 heterocycles. The van der Waals surface area contributed by atoms with E-state index in [0.29, 0.717) is 11.5 Å². The van der Waals surface area contributed by atoms with Crippen molar-refractivity contribution in [3.05, 3.63) is 64.5 Å². The highest BCUT2D eigenvalue weighted by Gasteiger charge is 2.35. The fourth-order valence-corrected chi connectivity index (χ4v) is 4.37. The summed E-state index contributed by atoms with van der Waals surface area (Å²) >= 11 is 0. The molecular weight excluding hydrogens is 335 g/mol. The zero-order chi connectivity index (χ0) is 19.8. The van der Waals surface area contributed by atoms with Crippen molar-refractivity contribution in [1.29, 1.82) is 5.26 Å². The van der Waals surface area contributed by atoms with Gasteiger partial charge in [0, 0.05) is 17.8 Å². The van der Waals surface area contributed by atoms with E-state index >= 15 is 0 Å². The van der Waals surface area contributed by atoms with Crippen molar-refractivity contribution in [2.75, 3.05) is 11.4 Å². The Kier molecular flexibility index (Phi) is 5.11. The fraction of sp³-hybridized carbons (Fsp3) is 0.375. The third-order valence-corrected chi connectivity index (χ3v) is 5.67. The molecule has 0 saturated carbocycles. The first-order chi connectivity index (χ1) is 12.8. The summed E-state index contributed by atoms with van der Waals surface area (Å²) in [6, 6.07) is 12.8. The summed E-state index contributed by atoms with van der Waals surface area (Å²) in [4.78, 5) is 2.48. The number of nitriles is 1. The highest BCUT2D eigenvalue weighted by Crippen LogP contribution is 2.44. The van der Waals surface area contributed by atoms with Gasteiger partial charge >= 0.3 is 0 Å². The molecule has 0 aromatic heterocycles. The van der Waals surface area contributed by atoms with E-state index in [1.54, 1.807) is 12.1 Å². The number of halogens is 1. The second kappa shape index (κ2) is 7.19. The molecule has 0 N–H and O–H groups in total. The molecule has 27 heavy (non-hydrogen) atoms. The van der Waals surface area contributed by atoms with Crippen LogP contribution in [0.15, 0.2) is 36.4 Å². The van der Waals surface area contributed by atoms with E-state index in [0.717, 1.165) is 29.7 Å². The summed E-state index contributed by atoms with van der Waals surface area (Å²) in [5.74, 6) is 0.166. The van der Waals surface area contributed by atoms with Gasteiger partial charge in [-0.05, 0) is 92.6 Å². The van der Waals surface area contributed by atoms with E-state index in [1.165, 1.54) is 23.4 Å². The van der Waals surface area contributed by atoms with E-state index < -0.39 is 0 Å². The second-order valence-electron chi connectivity index (χ2n) is 8.11. The monoisotopic (exact) mass is 362 g/mol. The molecule has 0 saturated heterocycles. The van der Waals surface area contributed by atoms with Crippen LogP contribution < -0.4 is 4.90 Å². The van der Waals surface area contributed by atoms with Crippen LogP contribution in [0.4, 0.5) is 10.1 Å². The van der Waals surface area contributed by atoms with Crippen molar-refractivity contribution < 1.29 is 4.39 Å². The highest BCUT2D eigenvalue weighted by molar-refractivity contribution is 5.90. The zero-order valence-corrected chi connectivity index (χ0v) is 16.8. The lowest BCUT2D eigenvalue weighted by molar-refractivity contribution is 0.381. The number of allylic oxidation sites excluding steroid dienone is 1. The van der Waals surface area contributed by atoms with Crippen LogP contribution in [0.1, 0.15) is 62.3 Å². The summed E-state index contributed by atoms with van der Waals surface area (Å²) < 4.78 is 13.2. The average molecular weight is 362 g/mol. The average Bonchev–Trinajstić information content (AvgIpc) is 2.61. The van der Waals surface area contributed by atoms with Gasteiger partial charge in [0.2, 0.25) is 0 Å². The molecule has 1 aliphatic heterocycles. The molecule has 0 aliphatic carbocycles. The van der Waals surface area contributed by atoms with Gasteiger partial charge in [-0.2, -0.15) is 5.26 Å². The van der Waals surface area contributed by atoms with Gasteiger partial charge in [0.1, 0.15) is 5.82 Å². The summed E-state index contributed by atoms with van der Waals surface area (Å²) in [7, 11) is 0. The number of aryl methyl sites for hydroxylation is 1. The van der Waals surface area contributed by atoms with Gasteiger partial charge in [-0.1, -0.05) is 19.1 Å². The van der Waals surface area contributed by atoms with Crippen molar-refractivity contribution in [3.63, 3.8) is 0 Å². The summed E-state index contributed by atoms with van der Waals surface area (Å²) in [5, 5.41) is 9.62. The van der Waals surface area contributed by atoms with Crippen LogP contribution in [0.5, 0.6) is 0 Å². The first-order valence-electron chi connectivity index (χ1n) is 9.56. The number of nitrogens with zero attached hydrogens (tertiary/aromatic N) is 2. The van der Waals surface area contributed by atoms with Crippen molar-refractivity contribution >= 4 is 17.3 Å². The van der Waals surface area contributed by atoms with E-state index in [1.807, 2.05) is 6.08 Å². The molecule has 0 spiro atoms. The topological polar surface area (TPSA) is 27.0 Å². The molecule has 2 aromatic carbocycles. The quantitative estimate of drug-likeness (QED) is 0.472. The minimum atomic E-state index is -0.294. The summed E-state index contributed by atoms with van der Waals surface area (Å²) in [6.07, 6.45) is 3.02. The molecule has 0 unspecified atom stereocenters. The minimum absolute atomic E-state index is 0.136. The minimum Gasteiger partial charge on any atom is -0.366 e. The molecule has 140 valence electrons. The predicted octanol–water partition coefficient (Wildman–Crippen LogP) is 6.31. The summed E-state index contributed by atoms with van der Waals surface area (Å²) in [6.45, 7) is 12.2. The lowest BCUT2D eigenvalue weighted by Crippen LogP contribution is -2.48. The van der Waals surface area contributed by atoms with E-state index in [-0.39, 0.29) is 11.4 Å². The van der Waals surface area contributed by atoms with Crippen LogP contribution in [0.2, 0.25) is 0 Å². The SMILES string of the molecule is CCN1c2cc(C)c(/C=C(/C#N)c3ccc(F)cc3)cc2[C@H](C)CC1(C)C. The standard InChI is InChI=1S/C24H27FN2/c1-6-27-23-11-16(2)19(13-22(23)17(3)14-24(27,4)5)12-20(15-26)18-7-9-21(25)10-8-18/h7-13,17H,6,14H2,1-5H3/b20-12-/t17-/m1/s1. The molecule has 1 aliphatic rings. The normalized spacial score (nSPS) is 18.8. The molecule has 2 nitrogen and oxygen atoms in total. The van der Waals surface area contributed by atoms with Gasteiger partial charge < -0.3 is 4.90 Å². The number of rotatable bonds is 3. The predicted molar refractivity (Wildman–Crippen MR) is 111 cm³/mol. The maximum absolute atomic E-state index is 13.2. The Balaban J connectivity index is 2.10. The Morgan fingerprint density at radius 1 is 1.30 bits per heavy atom. The Hall–Kier alpha value is -2.60. The van der Waals surface area contributed by atoms with Gasteiger partial charge in [-0.3, -0.25) is 0 Å². The van der Waals surface area contributed by atoms with Crippen LogP contribution >= 0.6 is 0 Å². The highest BCUT2D eigenvalue weighted by atomic mass is 19.1. The van der Waals surface area contributed by atoms with E-state index in [2.05, 4.69) is 57.7 Å². The molecule has 0 bridgehead atoms. The van der Waals surface area contributed by atoms with Crippen LogP contribution in [0.25, 0.3) is 11.6 Å². The Morgan fingerprint density at radius 3 is 2.56 bits per heavy atom. The number of fused-ring (bicyclic) bond motifs is 1. The van der Waals surface area contributed by atoms with Gasteiger partial charge in [0.05, 0.1) is 11.6 Å². The molecule has 2 aromatic rings. The maximum atomic E-state index is 13.2. The van der Waals surface area contributed by atoms with Gasteiger partial charge in [-0.15, -0.1) is 0 Å². The number of hydrogen-bond acceptors (Lipinski definition) is 2. The van der Waals surface area contributed by atoms with Crippen molar-refractivity contribution in [1.82, 2.24) is 0 Å². The molecule has 0 fully saturated rings. The number of benzene rings is 2. The molecule has 3 heteroatoms. The van der Waals surface area contributed by atoms with Crippen LogP contribution in [0, 0.1) is 24.1 Å². The van der Waals surface area contributed by atoms with Crippen LogP contribution in [0.3, 0.4) is 0 Å². The van der Waals surface area contributed by atoms with E-state index in [9.17, 15) is 9.65 Å². The largest absolute Gasteiger partial charge is 0.366 e. The van der Waals surface area contributed by atoms with Gasteiger partial charge in [0.25, 0.3) is 0 Å². The Morgan fingerprint density at radius 2 is 1.96 bits per heavy atom. The van der Waals surface area contributed by atoms with Gasteiger partial charge in [-0.25, -0.2) is 4.39 Å². The van der Waals surface area contributed by atoms with Crippen LogP contribution in [-0.2, 0) is 0 Å². The molecule has 0 amide bonds. The van der Waals surface area contributed by atoms with E-state index in [4.69, 9.17) is 0 Å². The zero-order valence-electron chi connectivity index (χ0n) is 16.8. The van der Waals surface area contributed by atoms with Gasteiger partial charge in [0.15, 0.2) is 0 Å². The first kappa shape index (κ1) is 19.2. The van der Waals surface area contributed by atoms with Crippen molar-refractivity contribution in [2.45, 2.75) is 52.5 Å². The third-order valence-electron chi connectivity index (χ3n) is 5.67. The van der Waals surface area contributed by atoms with Crippen molar-refractivity contribution in [2.24, 2.45) is 0 Å². The lowest BCUT2D eigenvalue weighted by Gasteiger charge is -2.47. The molecule has 3 rings (SSSR count). The second-order valence-corrected chi connectivity index (χ2v) is 8.11. The van der Waals surface area contributed by atoms with Crippen molar-refractivity contribution in [3.8, 4) is 6.07 Å². The summed E-state index contributed by atoms with van der Waals surface area (Å²) in [5.41, 5.74) is 6.26. The number of anilines is 1. The molecular formula is C24H27FN2. The lowest BCUT2D eigenvalue weighted by atomic mass is 9.79. The Labute approximate surface area is 161 Å². The molecule has 1 atom stereocenters. The van der Waals surface area contributed by atoms with Crippen LogP contribution in [-0.4, -0.2) is 12.1 Å². The third kappa shape index (κ3) is 3.62.